The zero-order chi connectivity index (χ0) is 19.6. The summed E-state index contributed by atoms with van der Waals surface area (Å²) in [6.45, 7) is 7.53. The van der Waals surface area contributed by atoms with E-state index < -0.39 is 5.79 Å². The van der Waals surface area contributed by atoms with Crippen LogP contribution in [0.3, 0.4) is 0 Å². The smallest absolute Gasteiger partial charge is 0.201 e. The molecule has 0 amide bonds. The number of fused-ring (bicyclic) bond motifs is 1. The van der Waals surface area contributed by atoms with E-state index in [1.807, 2.05) is 18.2 Å². The Labute approximate surface area is 167 Å². The van der Waals surface area contributed by atoms with E-state index in [2.05, 4.69) is 69.3 Å². The molecular weight excluding hydrogens is 348 g/mol. The van der Waals surface area contributed by atoms with Crippen molar-refractivity contribution < 1.29 is 14.2 Å². The van der Waals surface area contributed by atoms with Crippen molar-refractivity contribution in [1.29, 1.82) is 0 Å². The summed E-state index contributed by atoms with van der Waals surface area (Å²) in [5.74, 6) is 0.247. The molecule has 0 aromatic heterocycles. The lowest BCUT2D eigenvalue weighted by Crippen LogP contribution is -2.34. The first-order valence-electron chi connectivity index (χ1n) is 10.1. The van der Waals surface area contributed by atoms with Crippen molar-refractivity contribution in [2.75, 3.05) is 6.61 Å². The van der Waals surface area contributed by atoms with E-state index in [1.54, 1.807) is 0 Å². The lowest BCUT2D eigenvalue weighted by Gasteiger charge is -2.33. The third kappa shape index (κ3) is 3.52. The summed E-state index contributed by atoms with van der Waals surface area (Å²) in [5.41, 5.74) is 2.12. The van der Waals surface area contributed by atoms with Crippen molar-refractivity contribution >= 4 is 10.8 Å². The van der Waals surface area contributed by atoms with Crippen LogP contribution in [0.1, 0.15) is 38.3 Å². The molecule has 2 unspecified atom stereocenters. The van der Waals surface area contributed by atoms with E-state index in [0.29, 0.717) is 13.2 Å². The first kappa shape index (κ1) is 19.0. The third-order valence-electron chi connectivity index (χ3n) is 5.51. The van der Waals surface area contributed by atoms with Gasteiger partial charge >= 0.3 is 0 Å². The van der Waals surface area contributed by atoms with Gasteiger partial charge in [0, 0.05) is 5.92 Å². The van der Waals surface area contributed by atoms with Crippen LogP contribution < -0.4 is 4.74 Å². The molecule has 1 aliphatic rings. The molecule has 0 N–H and O–H groups in total. The SMILES string of the molecule is CCC1COC(c2ccccc2OCc2ccc3ccccc3c2)(C(C)C)O1. The fraction of sp³-hybridized carbons (Fsp3) is 0.360. The van der Waals surface area contributed by atoms with Gasteiger partial charge in [-0.05, 0) is 41.0 Å². The van der Waals surface area contributed by atoms with Crippen LogP contribution in [0.25, 0.3) is 10.8 Å². The van der Waals surface area contributed by atoms with Crippen LogP contribution >= 0.6 is 0 Å². The molecule has 0 spiro atoms. The standard InChI is InChI=1S/C25H28O3/c1-4-22-17-27-25(28-22,18(2)3)23-11-7-8-12-24(23)26-16-19-13-14-20-9-5-6-10-21(20)15-19/h5-15,18,22H,4,16-17H2,1-3H3. The molecule has 3 nitrogen and oxygen atoms in total. The van der Waals surface area contributed by atoms with Gasteiger partial charge in [0.05, 0.1) is 18.3 Å². The second-order valence-corrected chi connectivity index (χ2v) is 7.75. The maximum Gasteiger partial charge on any atom is 0.201 e. The Morgan fingerprint density at radius 3 is 2.50 bits per heavy atom. The summed E-state index contributed by atoms with van der Waals surface area (Å²) in [6.07, 6.45) is 1.06. The molecule has 1 fully saturated rings. The molecule has 146 valence electrons. The van der Waals surface area contributed by atoms with Crippen molar-refractivity contribution in [2.24, 2.45) is 5.92 Å². The first-order chi connectivity index (χ1) is 13.6. The number of rotatable bonds is 6. The monoisotopic (exact) mass is 376 g/mol. The molecule has 0 bridgehead atoms. The minimum Gasteiger partial charge on any atom is -0.488 e. The molecule has 1 aliphatic heterocycles. The van der Waals surface area contributed by atoms with Gasteiger partial charge in [-0.25, -0.2) is 0 Å². The lowest BCUT2D eigenvalue weighted by atomic mass is 9.93. The molecule has 3 aromatic carbocycles. The van der Waals surface area contributed by atoms with Crippen molar-refractivity contribution in [3.63, 3.8) is 0 Å². The van der Waals surface area contributed by atoms with Crippen LogP contribution in [-0.4, -0.2) is 12.7 Å². The van der Waals surface area contributed by atoms with Crippen LogP contribution in [0.15, 0.2) is 66.7 Å². The first-order valence-corrected chi connectivity index (χ1v) is 10.1. The van der Waals surface area contributed by atoms with Gasteiger partial charge in [-0.2, -0.15) is 0 Å². The van der Waals surface area contributed by atoms with Gasteiger partial charge in [0.2, 0.25) is 5.79 Å². The van der Waals surface area contributed by atoms with Crippen molar-refractivity contribution in [1.82, 2.24) is 0 Å². The molecular formula is C25H28O3. The third-order valence-corrected chi connectivity index (χ3v) is 5.51. The van der Waals surface area contributed by atoms with Crippen LogP contribution in [0.4, 0.5) is 0 Å². The Hall–Kier alpha value is -2.36. The van der Waals surface area contributed by atoms with E-state index in [4.69, 9.17) is 14.2 Å². The fourth-order valence-corrected chi connectivity index (χ4v) is 3.86. The Morgan fingerprint density at radius 2 is 1.75 bits per heavy atom. The number of benzene rings is 3. The summed E-state index contributed by atoms with van der Waals surface area (Å²) in [6, 6.07) is 22.9. The predicted octanol–water partition coefficient (Wildman–Crippen LogP) is 6.05. The number of hydrogen-bond donors (Lipinski definition) is 0. The highest BCUT2D eigenvalue weighted by Crippen LogP contribution is 2.45. The summed E-state index contributed by atoms with van der Waals surface area (Å²) in [4.78, 5) is 0. The average Bonchev–Trinajstić information content (AvgIpc) is 3.18. The second-order valence-electron chi connectivity index (χ2n) is 7.75. The normalized spacial score (nSPS) is 22.1. The number of ether oxygens (including phenoxy) is 3. The van der Waals surface area contributed by atoms with Crippen molar-refractivity contribution in [3.05, 3.63) is 77.9 Å². The second kappa shape index (κ2) is 7.94. The van der Waals surface area contributed by atoms with E-state index in [1.165, 1.54) is 10.8 Å². The Balaban J connectivity index is 1.60. The maximum atomic E-state index is 6.39. The van der Waals surface area contributed by atoms with Crippen LogP contribution in [0.5, 0.6) is 5.75 Å². The molecule has 3 heteroatoms. The van der Waals surface area contributed by atoms with Crippen molar-refractivity contribution in [2.45, 2.75) is 45.7 Å². The molecule has 0 aliphatic carbocycles. The predicted molar refractivity (Wildman–Crippen MR) is 112 cm³/mol. The minimum atomic E-state index is -0.749. The van der Waals surface area contributed by atoms with E-state index >= 15 is 0 Å². The highest BCUT2D eigenvalue weighted by atomic mass is 16.7. The van der Waals surface area contributed by atoms with Gasteiger partial charge in [0.25, 0.3) is 0 Å². The largest absolute Gasteiger partial charge is 0.488 e. The topological polar surface area (TPSA) is 27.7 Å². The molecule has 0 radical (unpaired) electrons. The minimum absolute atomic E-state index is 0.121. The summed E-state index contributed by atoms with van der Waals surface area (Å²) >= 11 is 0. The summed E-state index contributed by atoms with van der Waals surface area (Å²) < 4.78 is 18.9. The van der Waals surface area contributed by atoms with E-state index in [-0.39, 0.29) is 12.0 Å². The molecule has 3 aromatic rings. The van der Waals surface area contributed by atoms with Crippen molar-refractivity contribution in [3.8, 4) is 5.75 Å². The van der Waals surface area contributed by atoms with Gasteiger partial charge < -0.3 is 14.2 Å². The van der Waals surface area contributed by atoms with Gasteiger partial charge in [0.15, 0.2) is 0 Å². The van der Waals surface area contributed by atoms with Crippen LogP contribution in [0, 0.1) is 5.92 Å². The zero-order valence-corrected chi connectivity index (χ0v) is 16.9. The number of para-hydroxylation sites is 1. The Bertz CT molecular complexity index is 949. The highest BCUT2D eigenvalue weighted by molar-refractivity contribution is 5.82. The average molecular weight is 376 g/mol. The van der Waals surface area contributed by atoms with E-state index in [0.717, 1.165) is 23.3 Å². The van der Waals surface area contributed by atoms with Gasteiger partial charge in [-0.3, -0.25) is 0 Å². The molecule has 1 heterocycles. The molecule has 4 rings (SSSR count). The zero-order valence-electron chi connectivity index (χ0n) is 16.9. The summed E-state index contributed by atoms with van der Waals surface area (Å²) in [7, 11) is 0. The fourth-order valence-electron chi connectivity index (χ4n) is 3.86. The Kier molecular flexibility index (Phi) is 5.38. The lowest BCUT2D eigenvalue weighted by molar-refractivity contribution is -0.208. The number of hydrogen-bond acceptors (Lipinski definition) is 3. The summed E-state index contributed by atoms with van der Waals surface area (Å²) in [5, 5.41) is 2.47. The van der Waals surface area contributed by atoms with Crippen LogP contribution in [-0.2, 0) is 21.9 Å². The van der Waals surface area contributed by atoms with Gasteiger partial charge in [-0.1, -0.05) is 69.3 Å². The van der Waals surface area contributed by atoms with Crippen LogP contribution in [0.2, 0.25) is 0 Å². The Morgan fingerprint density at radius 1 is 1.00 bits per heavy atom. The quantitative estimate of drug-likeness (QED) is 0.524. The van der Waals surface area contributed by atoms with Gasteiger partial charge in [0.1, 0.15) is 12.4 Å². The molecule has 28 heavy (non-hydrogen) atoms. The highest BCUT2D eigenvalue weighted by Gasteiger charge is 2.47. The molecule has 1 saturated heterocycles. The molecule has 0 saturated carbocycles. The van der Waals surface area contributed by atoms with E-state index in [9.17, 15) is 0 Å². The van der Waals surface area contributed by atoms with Gasteiger partial charge in [-0.15, -0.1) is 0 Å². The molecule has 2 atom stereocenters. The maximum absolute atomic E-state index is 6.39.